The summed E-state index contributed by atoms with van der Waals surface area (Å²) in [5, 5.41) is 9.79. The Morgan fingerprint density at radius 2 is 2.53 bits per heavy atom. The number of nitrogens with two attached hydrogens (primary N) is 1. The maximum absolute atomic E-state index is 11.4. The van der Waals surface area contributed by atoms with E-state index in [1.807, 2.05) is 0 Å². The largest absolute Gasteiger partial charge is 0.367 e. The summed E-state index contributed by atoms with van der Waals surface area (Å²) in [6.45, 7) is 0.0249. The van der Waals surface area contributed by atoms with E-state index in [0.29, 0.717) is 5.82 Å². The molecule has 0 aromatic carbocycles. The van der Waals surface area contributed by atoms with Gasteiger partial charge in [-0.2, -0.15) is 0 Å². The normalized spacial score (nSPS) is 10.1. The predicted octanol–water partition coefficient (Wildman–Crippen LogP) is -0.513. The molecule has 0 atom stereocenters. The number of nitrogens with one attached hydrogen (secondary N) is 1. The first-order chi connectivity index (χ1) is 7.24. The highest BCUT2D eigenvalue weighted by Crippen LogP contribution is 2.01. The van der Waals surface area contributed by atoms with Gasteiger partial charge in [0.2, 0.25) is 11.9 Å². The van der Waals surface area contributed by atoms with Crippen LogP contribution in [0.2, 0.25) is 0 Å². The summed E-state index contributed by atoms with van der Waals surface area (Å²) in [6, 6.07) is 1.54. The molecule has 0 aliphatic carbocycles. The van der Waals surface area contributed by atoms with Crippen LogP contribution in [0.4, 0.5) is 11.8 Å². The fraction of sp³-hybridized carbons (Fsp3) is 0.143. The van der Waals surface area contributed by atoms with E-state index in [4.69, 9.17) is 5.73 Å². The molecule has 0 spiro atoms. The molecule has 0 aliphatic heterocycles. The van der Waals surface area contributed by atoms with Gasteiger partial charge in [-0.25, -0.2) is 9.67 Å². The number of amides is 1. The number of hydrogen-bond acceptors (Lipinski definition) is 6. The third-order valence-corrected chi connectivity index (χ3v) is 1.57. The van der Waals surface area contributed by atoms with Gasteiger partial charge in [0.25, 0.3) is 0 Å². The molecule has 0 aliphatic rings. The van der Waals surface area contributed by atoms with Crippen molar-refractivity contribution in [3.05, 3.63) is 18.7 Å². The van der Waals surface area contributed by atoms with Crippen LogP contribution in [-0.4, -0.2) is 25.8 Å². The Labute approximate surface area is 84.1 Å². The molecular weight excluding hydrogens is 200 g/mol. The number of carbonyl (C=O) groups is 1. The van der Waals surface area contributed by atoms with Crippen molar-refractivity contribution in [2.75, 3.05) is 11.1 Å². The predicted molar refractivity (Wildman–Crippen MR) is 49.6 cm³/mol. The second-order valence-electron chi connectivity index (χ2n) is 2.73. The third-order valence-electron chi connectivity index (χ3n) is 1.57. The lowest BCUT2D eigenvalue weighted by molar-refractivity contribution is -0.116. The minimum absolute atomic E-state index is 0.0249. The Hall–Kier alpha value is -2.38. The molecule has 1 amide bonds. The van der Waals surface area contributed by atoms with Crippen molar-refractivity contribution >= 4 is 17.7 Å². The Balaban J connectivity index is 1.93. The molecule has 15 heavy (non-hydrogen) atoms. The average molecular weight is 208 g/mol. The van der Waals surface area contributed by atoms with Gasteiger partial charge in [0.15, 0.2) is 5.82 Å². The minimum atomic E-state index is -0.284. The molecule has 0 radical (unpaired) electrons. The standard InChI is InChI=1S/C7H8N6O2/c8-7-9-4-13(11-7)3-6(14)10-5-1-2-15-12-5/h1-2,4H,3H2,(H2,8,11)(H,10,12,14). The van der Waals surface area contributed by atoms with Gasteiger partial charge in [-0.1, -0.05) is 5.16 Å². The quantitative estimate of drug-likeness (QED) is 0.702. The van der Waals surface area contributed by atoms with E-state index in [9.17, 15) is 4.79 Å². The number of anilines is 2. The summed E-state index contributed by atoms with van der Waals surface area (Å²) >= 11 is 0. The topological polar surface area (TPSA) is 112 Å². The molecular formula is C7H8N6O2. The smallest absolute Gasteiger partial charge is 0.247 e. The first-order valence-corrected chi connectivity index (χ1v) is 4.09. The molecule has 0 fully saturated rings. The number of hydrogen-bond donors (Lipinski definition) is 2. The zero-order valence-electron chi connectivity index (χ0n) is 7.62. The van der Waals surface area contributed by atoms with Gasteiger partial charge in [0.05, 0.1) is 0 Å². The van der Waals surface area contributed by atoms with Crippen molar-refractivity contribution in [3.63, 3.8) is 0 Å². The van der Waals surface area contributed by atoms with E-state index >= 15 is 0 Å². The van der Waals surface area contributed by atoms with E-state index in [1.165, 1.54) is 23.3 Å². The molecule has 2 aromatic rings. The molecule has 3 N–H and O–H groups in total. The van der Waals surface area contributed by atoms with Crippen LogP contribution in [0.1, 0.15) is 0 Å². The highest BCUT2D eigenvalue weighted by Gasteiger charge is 2.06. The van der Waals surface area contributed by atoms with E-state index < -0.39 is 0 Å². The molecule has 2 heterocycles. The Kier molecular flexibility index (Phi) is 2.31. The second kappa shape index (κ2) is 3.78. The Morgan fingerprint density at radius 1 is 1.67 bits per heavy atom. The van der Waals surface area contributed by atoms with Crippen LogP contribution in [0.25, 0.3) is 0 Å². The van der Waals surface area contributed by atoms with Gasteiger partial charge in [0, 0.05) is 6.07 Å². The van der Waals surface area contributed by atoms with Crippen molar-refractivity contribution in [1.82, 2.24) is 19.9 Å². The van der Waals surface area contributed by atoms with Crippen molar-refractivity contribution in [3.8, 4) is 0 Å². The molecule has 0 unspecified atom stereocenters. The summed E-state index contributed by atoms with van der Waals surface area (Å²) < 4.78 is 5.87. The van der Waals surface area contributed by atoms with Crippen molar-refractivity contribution in [1.29, 1.82) is 0 Å². The summed E-state index contributed by atoms with van der Waals surface area (Å²) in [5.74, 6) is 0.200. The number of carbonyl (C=O) groups excluding carboxylic acids is 1. The zero-order valence-corrected chi connectivity index (χ0v) is 7.62. The Morgan fingerprint density at radius 3 is 3.13 bits per heavy atom. The number of aromatic nitrogens is 4. The minimum Gasteiger partial charge on any atom is -0.367 e. The fourth-order valence-corrected chi connectivity index (χ4v) is 0.992. The summed E-state index contributed by atoms with van der Waals surface area (Å²) in [4.78, 5) is 15.0. The monoisotopic (exact) mass is 208 g/mol. The van der Waals surface area contributed by atoms with Crippen LogP contribution in [-0.2, 0) is 11.3 Å². The van der Waals surface area contributed by atoms with Gasteiger partial charge in [-0.05, 0) is 0 Å². The molecule has 8 heteroatoms. The van der Waals surface area contributed by atoms with Crippen molar-refractivity contribution in [2.24, 2.45) is 0 Å². The molecule has 2 rings (SSSR count). The zero-order chi connectivity index (χ0) is 10.7. The lowest BCUT2D eigenvalue weighted by Crippen LogP contribution is -2.19. The fourth-order valence-electron chi connectivity index (χ4n) is 0.992. The van der Waals surface area contributed by atoms with Gasteiger partial charge >= 0.3 is 0 Å². The Bertz CT molecular complexity index is 448. The van der Waals surface area contributed by atoms with Gasteiger partial charge < -0.3 is 15.6 Å². The first kappa shape index (κ1) is 9.19. The van der Waals surface area contributed by atoms with Gasteiger partial charge in [-0.3, -0.25) is 4.79 Å². The first-order valence-electron chi connectivity index (χ1n) is 4.09. The lowest BCUT2D eigenvalue weighted by atomic mass is 10.5. The molecule has 8 nitrogen and oxygen atoms in total. The SMILES string of the molecule is Nc1ncn(CC(=O)Nc2ccon2)n1. The highest BCUT2D eigenvalue weighted by molar-refractivity contribution is 5.89. The van der Waals surface area contributed by atoms with E-state index in [-0.39, 0.29) is 18.4 Å². The molecule has 0 saturated heterocycles. The van der Waals surface area contributed by atoms with Crippen LogP contribution in [0.15, 0.2) is 23.2 Å². The van der Waals surface area contributed by atoms with Crippen LogP contribution in [0, 0.1) is 0 Å². The van der Waals surface area contributed by atoms with Crippen LogP contribution in [0.3, 0.4) is 0 Å². The second-order valence-corrected chi connectivity index (χ2v) is 2.73. The molecule has 0 saturated carbocycles. The summed E-state index contributed by atoms with van der Waals surface area (Å²) in [7, 11) is 0. The van der Waals surface area contributed by atoms with Crippen LogP contribution < -0.4 is 11.1 Å². The van der Waals surface area contributed by atoms with Gasteiger partial charge in [0.1, 0.15) is 19.1 Å². The maximum Gasteiger partial charge on any atom is 0.247 e. The molecule has 2 aromatic heterocycles. The van der Waals surface area contributed by atoms with Crippen LogP contribution in [0.5, 0.6) is 0 Å². The van der Waals surface area contributed by atoms with Crippen molar-refractivity contribution < 1.29 is 9.32 Å². The number of nitrogen functional groups attached to an aromatic ring is 1. The van der Waals surface area contributed by atoms with E-state index in [0.717, 1.165) is 0 Å². The average Bonchev–Trinajstić information content (AvgIpc) is 2.77. The van der Waals surface area contributed by atoms with Crippen LogP contribution >= 0.6 is 0 Å². The highest BCUT2D eigenvalue weighted by atomic mass is 16.5. The lowest BCUT2D eigenvalue weighted by Gasteiger charge is -1.99. The number of nitrogens with zero attached hydrogens (tertiary/aromatic N) is 4. The van der Waals surface area contributed by atoms with E-state index in [2.05, 4.69) is 25.1 Å². The van der Waals surface area contributed by atoms with Crippen molar-refractivity contribution in [2.45, 2.75) is 6.54 Å². The molecule has 0 bridgehead atoms. The molecule has 78 valence electrons. The van der Waals surface area contributed by atoms with Gasteiger partial charge in [-0.15, -0.1) is 5.10 Å². The summed E-state index contributed by atoms with van der Waals surface area (Å²) in [6.07, 6.45) is 2.74. The number of rotatable bonds is 3. The van der Waals surface area contributed by atoms with E-state index in [1.54, 1.807) is 0 Å². The third kappa shape index (κ3) is 2.30. The summed E-state index contributed by atoms with van der Waals surface area (Å²) in [5.41, 5.74) is 5.29. The maximum atomic E-state index is 11.4.